The molecule has 0 fully saturated rings. The van der Waals surface area contributed by atoms with Crippen molar-refractivity contribution >= 4 is 44.7 Å². The molecule has 0 amide bonds. The van der Waals surface area contributed by atoms with Gasteiger partial charge in [-0.1, -0.05) is 59.6 Å². The van der Waals surface area contributed by atoms with Gasteiger partial charge in [-0.15, -0.1) is 0 Å². The molecule has 4 nitrogen and oxygen atoms in total. The number of rotatable bonds is 6. The first-order valence-corrected chi connectivity index (χ1v) is 12.0. The number of halogens is 2. The number of hydrogen-bond donors (Lipinski definition) is 0. The van der Waals surface area contributed by atoms with Crippen LogP contribution in [-0.2, 0) is 0 Å². The van der Waals surface area contributed by atoms with Crippen LogP contribution in [0.3, 0.4) is 0 Å². The highest BCUT2D eigenvalue weighted by molar-refractivity contribution is 6.37. The zero-order chi connectivity index (χ0) is 25.4. The van der Waals surface area contributed by atoms with Crippen molar-refractivity contribution in [1.29, 1.82) is 0 Å². The van der Waals surface area contributed by atoms with Gasteiger partial charge in [0.25, 0.3) is 0 Å². The first-order valence-electron chi connectivity index (χ1n) is 11.3. The van der Waals surface area contributed by atoms with Crippen molar-refractivity contribution < 1.29 is 18.9 Å². The van der Waals surface area contributed by atoms with Crippen LogP contribution in [0.4, 0.5) is 0 Å². The minimum Gasteiger partial charge on any atom is -0.493 e. The summed E-state index contributed by atoms with van der Waals surface area (Å²) in [5, 5.41) is 4.99. The van der Waals surface area contributed by atoms with Crippen LogP contribution >= 0.6 is 23.2 Å². The molecular weight excluding hydrogens is 495 g/mol. The molecule has 0 bridgehead atoms. The Bertz CT molecular complexity index is 1520. The highest BCUT2D eigenvalue weighted by atomic mass is 35.5. The van der Waals surface area contributed by atoms with E-state index in [0.29, 0.717) is 33.0 Å². The van der Waals surface area contributed by atoms with Crippen LogP contribution in [0, 0.1) is 0 Å². The molecule has 0 aromatic heterocycles. The lowest BCUT2D eigenvalue weighted by Crippen LogP contribution is -1.97. The van der Waals surface area contributed by atoms with E-state index >= 15 is 0 Å². The van der Waals surface area contributed by atoms with E-state index in [4.69, 9.17) is 42.1 Å². The minimum absolute atomic E-state index is 0.544. The van der Waals surface area contributed by atoms with Crippen molar-refractivity contribution in [2.24, 2.45) is 0 Å². The van der Waals surface area contributed by atoms with Crippen molar-refractivity contribution in [1.82, 2.24) is 0 Å². The summed E-state index contributed by atoms with van der Waals surface area (Å²) in [6, 6.07) is 23.8. The minimum atomic E-state index is 0.544. The molecule has 36 heavy (non-hydrogen) atoms. The highest BCUT2D eigenvalue weighted by Gasteiger charge is 2.22. The molecular formula is C30H24Cl2O4. The molecule has 0 atom stereocenters. The zero-order valence-corrected chi connectivity index (χ0v) is 21.8. The average Bonchev–Trinajstić information content (AvgIpc) is 2.91. The molecule has 5 rings (SSSR count). The van der Waals surface area contributed by atoms with Crippen LogP contribution in [0.5, 0.6) is 23.0 Å². The van der Waals surface area contributed by atoms with E-state index in [0.717, 1.165) is 43.8 Å². The zero-order valence-electron chi connectivity index (χ0n) is 20.3. The Labute approximate surface area is 219 Å². The van der Waals surface area contributed by atoms with Crippen LogP contribution in [0.25, 0.3) is 43.8 Å². The molecule has 0 N–H and O–H groups in total. The fourth-order valence-electron chi connectivity index (χ4n) is 4.77. The third kappa shape index (κ3) is 3.97. The summed E-state index contributed by atoms with van der Waals surface area (Å²) in [6.45, 7) is 0. The van der Waals surface area contributed by atoms with Gasteiger partial charge < -0.3 is 18.9 Å². The van der Waals surface area contributed by atoms with Gasteiger partial charge in [0.05, 0.1) is 28.4 Å². The van der Waals surface area contributed by atoms with Crippen LogP contribution in [0.1, 0.15) is 0 Å². The molecule has 182 valence electrons. The Morgan fingerprint density at radius 3 is 1.36 bits per heavy atom. The van der Waals surface area contributed by atoms with E-state index in [1.165, 1.54) is 0 Å². The number of hydrogen-bond acceptors (Lipinski definition) is 4. The van der Waals surface area contributed by atoms with Crippen LogP contribution in [0.2, 0.25) is 10.0 Å². The summed E-state index contributed by atoms with van der Waals surface area (Å²) in [5.74, 6) is 2.51. The molecule has 5 aromatic carbocycles. The van der Waals surface area contributed by atoms with Gasteiger partial charge in [0.1, 0.15) is 0 Å². The molecule has 0 radical (unpaired) electrons. The summed E-state index contributed by atoms with van der Waals surface area (Å²) < 4.78 is 22.8. The van der Waals surface area contributed by atoms with Gasteiger partial charge in [0.2, 0.25) is 0 Å². The standard InChI is InChI=1S/C30H24Cl2O4/c1-33-25-13-20-22(15-27(25)35-3)30(19-11-10-18(31)12-24(19)32)23-16-28(36-4)26(34-2)14-21(23)29(20)17-8-6-5-7-9-17/h5-16H,1-4H3. The Morgan fingerprint density at radius 1 is 0.500 bits per heavy atom. The van der Waals surface area contributed by atoms with Crippen LogP contribution < -0.4 is 18.9 Å². The predicted octanol–water partition coefficient (Wildman–Crippen LogP) is 8.67. The number of benzene rings is 5. The van der Waals surface area contributed by atoms with E-state index in [2.05, 4.69) is 12.1 Å². The Balaban J connectivity index is 2.09. The molecule has 6 heteroatoms. The van der Waals surface area contributed by atoms with E-state index in [-0.39, 0.29) is 0 Å². The monoisotopic (exact) mass is 518 g/mol. The lowest BCUT2D eigenvalue weighted by atomic mass is 9.85. The van der Waals surface area contributed by atoms with Gasteiger partial charge in [-0.3, -0.25) is 0 Å². The average molecular weight is 519 g/mol. The van der Waals surface area contributed by atoms with E-state index in [1.807, 2.05) is 54.6 Å². The number of ether oxygens (including phenoxy) is 4. The van der Waals surface area contributed by atoms with E-state index in [9.17, 15) is 0 Å². The highest BCUT2D eigenvalue weighted by Crippen LogP contribution is 2.50. The molecule has 0 aliphatic carbocycles. The quantitative estimate of drug-likeness (QED) is 0.210. The van der Waals surface area contributed by atoms with Crippen molar-refractivity contribution in [3.63, 3.8) is 0 Å². The smallest absolute Gasteiger partial charge is 0.161 e. The molecule has 5 aromatic rings. The normalized spacial score (nSPS) is 11.1. The predicted molar refractivity (Wildman–Crippen MR) is 149 cm³/mol. The number of methoxy groups -OCH3 is 4. The summed E-state index contributed by atoms with van der Waals surface area (Å²) >= 11 is 13.1. The van der Waals surface area contributed by atoms with Gasteiger partial charge in [0.15, 0.2) is 23.0 Å². The van der Waals surface area contributed by atoms with Crippen molar-refractivity contribution in [2.45, 2.75) is 0 Å². The fraction of sp³-hybridized carbons (Fsp3) is 0.133. The van der Waals surface area contributed by atoms with E-state index in [1.54, 1.807) is 34.5 Å². The second-order valence-electron chi connectivity index (χ2n) is 8.25. The molecule has 0 saturated heterocycles. The third-order valence-electron chi connectivity index (χ3n) is 6.39. The third-order valence-corrected chi connectivity index (χ3v) is 6.94. The lowest BCUT2D eigenvalue weighted by molar-refractivity contribution is 0.355. The largest absolute Gasteiger partial charge is 0.493 e. The van der Waals surface area contributed by atoms with Gasteiger partial charge >= 0.3 is 0 Å². The fourth-order valence-corrected chi connectivity index (χ4v) is 5.28. The summed E-state index contributed by atoms with van der Waals surface area (Å²) in [6.07, 6.45) is 0. The topological polar surface area (TPSA) is 36.9 Å². The number of fused-ring (bicyclic) bond motifs is 2. The first-order chi connectivity index (χ1) is 17.5. The van der Waals surface area contributed by atoms with Crippen LogP contribution in [-0.4, -0.2) is 28.4 Å². The van der Waals surface area contributed by atoms with Gasteiger partial charge in [-0.25, -0.2) is 0 Å². The molecule has 0 spiro atoms. The van der Waals surface area contributed by atoms with Crippen molar-refractivity contribution in [3.05, 3.63) is 82.8 Å². The molecule has 0 aliphatic rings. The van der Waals surface area contributed by atoms with Crippen molar-refractivity contribution in [2.75, 3.05) is 28.4 Å². The van der Waals surface area contributed by atoms with Crippen molar-refractivity contribution in [3.8, 4) is 45.3 Å². The summed E-state index contributed by atoms with van der Waals surface area (Å²) in [7, 11) is 6.53. The maximum Gasteiger partial charge on any atom is 0.161 e. The summed E-state index contributed by atoms with van der Waals surface area (Å²) in [5.41, 5.74) is 3.87. The van der Waals surface area contributed by atoms with Gasteiger partial charge in [-0.05, 0) is 74.6 Å². The lowest BCUT2D eigenvalue weighted by Gasteiger charge is -2.21. The Morgan fingerprint density at radius 2 is 0.944 bits per heavy atom. The maximum absolute atomic E-state index is 6.79. The van der Waals surface area contributed by atoms with Crippen LogP contribution in [0.15, 0.2) is 72.8 Å². The second-order valence-corrected chi connectivity index (χ2v) is 9.09. The molecule has 0 aliphatic heterocycles. The Hall–Kier alpha value is -3.60. The van der Waals surface area contributed by atoms with Gasteiger partial charge in [0, 0.05) is 15.6 Å². The maximum atomic E-state index is 6.79. The molecule has 0 heterocycles. The SMILES string of the molecule is COc1cc2c(-c3ccccc3)c3cc(OC)c(OC)cc3c(-c3ccc(Cl)cc3Cl)c2cc1OC. The van der Waals surface area contributed by atoms with E-state index < -0.39 is 0 Å². The van der Waals surface area contributed by atoms with Gasteiger partial charge in [-0.2, -0.15) is 0 Å². The molecule has 0 unspecified atom stereocenters. The Kier molecular flexibility index (Phi) is 6.57. The molecule has 0 saturated carbocycles. The first kappa shape index (κ1) is 24.1. The second kappa shape index (κ2) is 9.81. The summed E-state index contributed by atoms with van der Waals surface area (Å²) in [4.78, 5) is 0.